The number of nitrogens with one attached hydrogen (secondary N) is 1. The van der Waals surface area contributed by atoms with Gasteiger partial charge in [0.15, 0.2) is 0 Å². The highest BCUT2D eigenvalue weighted by Gasteiger charge is 2.50. The normalized spacial score (nSPS) is 17.1. The molecule has 0 radical (unpaired) electrons. The van der Waals surface area contributed by atoms with E-state index in [9.17, 15) is 29.6 Å². The number of non-ortho nitro benzene ring substituents is 1. The van der Waals surface area contributed by atoms with Crippen molar-refractivity contribution in [1.82, 2.24) is 10.2 Å². The summed E-state index contributed by atoms with van der Waals surface area (Å²) < 4.78 is 11.3. The number of thioether (sulfide) groups is 1. The van der Waals surface area contributed by atoms with E-state index < -0.39 is 40.4 Å². The van der Waals surface area contributed by atoms with Crippen LogP contribution in [0.25, 0.3) is 0 Å². The Hall–Kier alpha value is -4.42. The highest BCUT2D eigenvalue weighted by molar-refractivity contribution is 8.01. The fraction of sp³-hybridized carbons (Fsp3) is 0.222. The van der Waals surface area contributed by atoms with Crippen LogP contribution in [-0.4, -0.2) is 56.3 Å². The molecule has 1 unspecified atom stereocenters. The molecule has 0 spiro atoms. The van der Waals surface area contributed by atoms with Crippen molar-refractivity contribution in [2.75, 3.05) is 6.73 Å². The molecule has 39 heavy (non-hydrogen) atoms. The van der Waals surface area contributed by atoms with Gasteiger partial charge in [0.05, 0.1) is 11.3 Å². The van der Waals surface area contributed by atoms with Crippen molar-refractivity contribution in [2.24, 2.45) is 0 Å². The lowest BCUT2D eigenvalue weighted by Gasteiger charge is -2.46. The molecule has 1 aliphatic rings. The van der Waals surface area contributed by atoms with Crippen molar-refractivity contribution >= 4 is 35.2 Å². The number of hydrogen-bond acceptors (Lipinski definition) is 9. The minimum Gasteiger partial charge on any atom is -0.468 e. The lowest BCUT2D eigenvalue weighted by molar-refractivity contribution is -0.384. The molecule has 12 heteroatoms. The van der Waals surface area contributed by atoms with Gasteiger partial charge in [0, 0.05) is 12.1 Å². The van der Waals surface area contributed by atoms with Gasteiger partial charge in [-0.2, -0.15) is 0 Å². The quantitative estimate of drug-likeness (QED) is 0.114. The summed E-state index contributed by atoms with van der Waals surface area (Å²) >= 11 is 0.913. The minimum absolute atomic E-state index is 0.0579. The van der Waals surface area contributed by atoms with Gasteiger partial charge in [-0.25, -0.2) is 4.79 Å². The maximum absolute atomic E-state index is 13.1. The number of carbonyl (C=O) groups excluding carboxylic acids is 3. The summed E-state index contributed by atoms with van der Waals surface area (Å²) in [7, 11) is 0. The number of β-lactam (4-membered cyclic amide) rings is 1. The van der Waals surface area contributed by atoms with Crippen molar-refractivity contribution in [2.45, 2.75) is 29.9 Å². The van der Waals surface area contributed by atoms with E-state index in [2.05, 4.69) is 5.32 Å². The Morgan fingerprint density at radius 3 is 2.26 bits per heavy atom. The third-order valence-corrected chi connectivity index (χ3v) is 7.13. The average molecular weight is 552 g/mol. The molecule has 0 aliphatic carbocycles. The third-order valence-electron chi connectivity index (χ3n) is 5.79. The second-order valence-corrected chi connectivity index (χ2v) is 9.66. The molecule has 1 saturated heterocycles. The molecule has 2 N–H and O–H groups in total. The zero-order valence-corrected chi connectivity index (χ0v) is 21.4. The van der Waals surface area contributed by atoms with Gasteiger partial charge in [0.25, 0.3) is 11.6 Å². The summed E-state index contributed by atoms with van der Waals surface area (Å²) in [5, 5.41) is 22.5. The lowest BCUT2D eigenvalue weighted by Crippen LogP contribution is -2.70. The standard InChI is InChI=1S/C27H25N3O8S/c31-17-29-24(33)23(28-22(32)15-18-7-3-1-4-8-18)25(29)39-27(38-21-9-5-2-6-10-21)26(34)37-16-19-11-13-20(14-12-19)30(35)36/h1-14,23,25,27,31H,15-17H2,(H,28,32)/t23-,25-,27?/m1/s1. The lowest BCUT2D eigenvalue weighted by atomic mass is 10.1. The van der Waals surface area contributed by atoms with Crippen LogP contribution in [0, 0.1) is 10.1 Å². The molecule has 3 atom stereocenters. The maximum atomic E-state index is 13.1. The van der Waals surface area contributed by atoms with Crippen LogP contribution in [0.3, 0.4) is 0 Å². The number of hydrogen-bond donors (Lipinski definition) is 2. The molecule has 4 rings (SSSR count). The summed E-state index contributed by atoms with van der Waals surface area (Å²) in [6.07, 6.45) is 0.0579. The summed E-state index contributed by atoms with van der Waals surface area (Å²) in [6.45, 7) is -0.784. The minimum atomic E-state index is -1.26. The van der Waals surface area contributed by atoms with E-state index in [4.69, 9.17) is 9.47 Å². The number of carbonyl (C=O) groups is 3. The zero-order chi connectivity index (χ0) is 27.8. The van der Waals surface area contributed by atoms with E-state index in [0.717, 1.165) is 22.2 Å². The molecule has 0 saturated carbocycles. The average Bonchev–Trinajstić information content (AvgIpc) is 2.95. The first-order valence-electron chi connectivity index (χ1n) is 11.9. The molecule has 3 aromatic rings. The van der Waals surface area contributed by atoms with Crippen LogP contribution < -0.4 is 10.1 Å². The second-order valence-electron chi connectivity index (χ2n) is 8.48. The number of para-hydroxylation sites is 1. The van der Waals surface area contributed by atoms with Gasteiger partial charge in [-0.05, 0) is 35.4 Å². The number of ether oxygens (including phenoxy) is 2. The van der Waals surface area contributed by atoms with Crippen LogP contribution in [0.5, 0.6) is 5.75 Å². The maximum Gasteiger partial charge on any atom is 0.358 e. The fourth-order valence-corrected chi connectivity index (χ4v) is 5.04. The van der Waals surface area contributed by atoms with Gasteiger partial charge >= 0.3 is 5.97 Å². The fourth-order valence-electron chi connectivity index (χ4n) is 3.78. The highest BCUT2D eigenvalue weighted by Crippen LogP contribution is 2.34. The van der Waals surface area contributed by atoms with Gasteiger partial charge in [-0.3, -0.25) is 19.7 Å². The molecule has 1 heterocycles. The first-order chi connectivity index (χ1) is 18.9. The van der Waals surface area contributed by atoms with Gasteiger partial charge in [0.1, 0.15) is 30.5 Å². The van der Waals surface area contributed by atoms with E-state index in [-0.39, 0.29) is 24.6 Å². The smallest absolute Gasteiger partial charge is 0.358 e. The Morgan fingerprint density at radius 1 is 1.00 bits per heavy atom. The molecule has 202 valence electrons. The molecule has 1 aliphatic heterocycles. The van der Waals surface area contributed by atoms with Crippen LogP contribution in [0.4, 0.5) is 5.69 Å². The number of rotatable bonds is 12. The Balaban J connectivity index is 1.45. The zero-order valence-electron chi connectivity index (χ0n) is 20.5. The molecular weight excluding hydrogens is 526 g/mol. The van der Waals surface area contributed by atoms with Crippen molar-refractivity contribution < 1.29 is 33.9 Å². The van der Waals surface area contributed by atoms with E-state index in [1.807, 2.05) is 6.07 Å². The second kappa shape index (κ2) is 12.9. The SMILES string of the molecule is O=C(Cc1ccccc1)N[C@@H]1C(=O)N(CO)[C@@H]1SC(Oc1ccccc1)C(=O)OCc1ccc([N+](=O)[O-])cc1. The largest absolute Gasteiger partial charge is 0.468 e. The van der Waals surface area contributed by atoms with Crippen LogP contribution in [0.2, 0.25) is 0 Å². The van der Waals surface area contributed by atoms with Gasteiger partial charge < -0.3 is 24.8 Å². The third kappa shape index (κ3) is 7.12. The van der Waals surface area contributed by atoms with Crippen molar-refractivity contribution in [3.63, 3.8) is 0 Å². The van der Waals surface area contributed by atoms with E-state index >= 15 is 0 Å². The van der Waals surface area contributed by atoms with E-state index in [0.29, 0.717) is 11.3 Å². The van der Waals surface area contributed by atoms with Gasteiger partial charge in [-0.15, -0.1) is 0 Å². The summed E-state index contributed by atoms with van der Waals surface area (Å²) in [6, 6.07) is 22.1. The number of likely N-dealkylation sites (tertiary alicyclic amines) is 1. The number of aliphatic hydroxyl groups excluding tert-OH is 1. The predicted molar refractivity (Wildman–Crippen MR) is 141 cm³/mol. The molecule has 11 nitrogen and oxygen atoms in total. The number of aliphatic hydroxyl groups is 1. The molecular formula is C27H25N3O8S. The molecule has 0 aromatic heterocycles. The van der Waals surface area contributed by atoms with Crippen molar-refractivity contribution in [3.05, 3.63) is 106 Å². The molecule has 3 aromatic carbocycles. The molecule has 2 amide bonds. The van der Waals surface area contributed by atoms with Crippen molar-refractivity contribution in [3.8, 4) is 5.75 Å². The molecule has 0 bridgehead atoms. The summed E-state index contributed by atoms with van der Waals surface area (Å²) in [4.78, 5) is 49.8. The Morgan fingerprint density at radius 2 is 1.64 bits per heavy atom. The van der Waals surface area contributed by atoms with Crippen molar-refractivity contribution in [1.29, 1.82) is 0 Å². The van der Waals surface area contributed by atoms with Crippen LogP contribution in [0.1, 0.15) is 11.1 Å². The first-order valence-corrected chi connectivity index (χ1v) is 12.8. The number of esters is 1. The number of nitro benzene ring substituents is 1. The summed E-state index contributed by atoms with van der Waals surface area (Å²) in [5.74, 6) is -1.28. The number of benzene rings is 3. The Labute approximate surface area is 227 Å². The van der Waals surface area contributed by atoms with E-state index in [1.165, 1.54) is 24.3 Å². The first kappa shape index (κ1) is 27.6. The van der Waals surface area contributed by atoms with Gasteiger partial charge in [-0.1, -0.05) is 60.3 Å². The molecule has 1 fully saturated rings. The van der Waals surface area contributed by atoms with Crippen LogP contribution in [-0.2, 0) is 32.1 Å². The number of nitro groups is 1. The van der Waals surface area contributed by atoms with Crippen LogP contribution in [0.15, 0.2) is 84.9 Å². The van der Waals surface area contributed by atoms with E-state index in [1.54, 1.807) is 54.6 Å². The topological polar surface area (TPSA) is 148 Å². The highest BCUT2D eigenvalue weighted by atomic mass is 32.2. The predicted octanol–water partition coefficient (Wildman–Crippen LogP) is 2.62. The number of nitrogens with zero attached hydrogens (tertiary/aromatic N) is 2. The Bertz CT molecular complexity index is 1310. The van der Waals surface area contributed by atoms with Crippen LogP contribution >= 0.6 is 11.8 Å². The summed E-state index contributed by atoms with van der Waals surface area (Å²) in [5.41, 5.74) is -0.0551. The number of amides is 2. The van der Waals surface area contributed by atoms with Gasteiger partial charge in [0.2, 0.25) is 11.3 Å². The monoisotopic (exact) mass is 551 g/mol. The Kier molecular flexibility index (Phi) is 9.13.